The van der Waals surface area contributed by atoms with Crippen molar-refractivity contribution in [3.63, 3.8) is 0 Å². The molecule has 0 aromatic heterocycles. The number of carbonyl (C=O) groups excluding carboxylic acids is 2. The molecule has 46 heavy (non-hydrogen) atoms. The molecule has 0 unspecified atom stereocenters. The number of hydrazine groups is 1. The van der Waals surface area contributed by atoms with Gasteiger partial charge in [0.2, 0.25) is 0 Å². The van der Waals surface area contributed by atoms with Crippen molar-refractivity contribution in [3.8, 4) is 0 Å². The molecule has 2 N–H and O–H groups in total. The van der Waals surface area contributed by atoms with Gasteiger partial charge in [0, 0.05) is 0 Å². The second-order valence-corrected chi connectivity index (χ2v) is 24.6. The smallest absolute Gasteiger partial charge is 0.429 e. The standard InChI is InChI=1S/C35H58N2O7Si2/c1-26(2)46(27(3)4,28(5)6)43-25-32(44-45(10,11)35(7,8)9)31(22-38)37(34(40)42-24-30-20-16-13-17-21-30)36-33(39)41-23-29-18-14-12-15-19-29/h12-21,26-28,31-32,38H,22-25H2,1-11H3,(H,36,39)/t31-,32+/m1/s1. The fourth-order valence-corrected chi connectivity index (χ4v) is 12.6. The number of hydrogen-bond donors (Lipinski definition) is 2. The van der Waals surface area contributed by atoms with Gasteiger partial charge in [0.1, 0.15) is 19.3 Å². The number of aliphatic hydroxyl groups excluding tert-OH is 1. The highest BCUT2D eigenvalue weighted by molar-refractivity contribution is 6.77. The van der Waals surface area contributed by atoms with Crippen LogP contribution in [0.25, 0.3) is 0 Å². The molecule has 0 spiro atoms. The molecule has 0 bridgehead atoms. The lowest BCUT2D eigenvalue weighted by Gasteiger charge is -2.46. The highest BCUT2D eigenvalue weighted by atomic mass is 28.4. The first-order valence-electron chi connectivity index (χ1n) is 16.4. The van der Waals surface area contributed by atoms with Gasteiger partial charge in [-0.05, 0) is 45.9 Å². The van der Waals surface area contributed by atoms with Crippen LogP contribution in [0, 0.1) is 0 Å². The molecule has 0 saturated heterocycles. The maximum absolute atomic E-state index is 13.8. The molecule has 0 aliphatic rings. The van der Waals surface area contributed by atoms with Crippen LogP contribution in [0.5, 0.6) is 0 Å². The third-order valence-electron chi connectivity index (χ3n) is 9.23. The molecular weight excluding hydrogens is 617 g/mol. The normalized spacial score (nSPS) is 13.9. The molecule has 0 saturated carbocycles. The first-order chi connectivity index (χ1) is 21.5. The van der Waals surface area contributed by atoms with Crippen molar-refractivity contribution < 1.29 is 33.0 Å². The summed E-state index contributed by atoms with van der Waals surface area (Å²) < 4.78 is 25.1. The average Bonchev–Trinajstić information content (AvgIpc) is 2.98. The topological polar surface area (TPSA) is 107 Å². The van der Waals surface area contributed by atoms with Crippen molar-refractivity contribution in [1.29, 1.82) is 0 Å². The number of carbonyl (C=O) groups is 2. The van der Waals surface area contributed by atoms with E-state index in [4.69, 9.17) is 18.3 Å². The molecule has 0 fully saturated rings. The minimum absolute atomic E-state index is 0.00165. The minimum Gasteiger partial charge on any atom is -0.443 e. The van der Waals surface area contributed by atoms with Crippen LogP contribution in [-0.2, 0) is 31.5 Å². The zero-order valence-electron chi connectivity index (χ0n) is 29.8. The summed E-state index contributed by atoms with van der Waals surface area (Å²) in [7, 11) is -4.84. The van der Waals surface area contributed by atoms with Crippen LogP contribution >= 0.6 is 0 Å². The second-order valence-electron chi connectivity index (χ2n) is 14.4. The number of amides is 2. The Morgan fingerprint density at radius 2 is 1.26 bits per heavy atom. The number of aliphatic hydroxyl groups is 1. The van der Waals surface area contributed by atoms with Crippen LogP contribution in [0.15, 0.2) is 60.7 Å². The van der Waals surface area contributed by atoms with Gasteiger partial charge in [-0.1, -0.05) is 123 Å². The Hall–Kier alpha value is -2.71. The number of rotatable bonds is 15. The van der Waals surface area contributed by atoms with Crippen molar-refractivity contribution >= 4 is 28.8 Å². The summed E-state index contributed by atoms with van der Waals surface area (Å²) in [6.45, 7) is 23.5. The first-order valence-corrected chi connectivity index (χ1v) is 21.4. The quantitative estimate of drug-likeness (QED) is 0.144. The van der Waals surface area contributed by atoms with Crippen LogP contribution in [-0.4, -0.2) is 64.3 Å². The molecule has 2 aromatic rings. The van der Waals surface area contributed by atoms with Crippen LogP contribution < -0.4 is 5.43 Å². The highest BCUT2D eigenvalue weighted by Crippen LogP contribution is 2.43. The lowest BCUT2D eigenvalue weighted by molar-refractivity contribution is -0.0263. The Bertz CT molecular complexity index is 1180. The second kappa shape index (κ2) is 17.4. The molecule has 2 rings (SSSR count). The van der Waals surface area contributed by atoms with Gasteiger partial charge < -0.3 is 23.4 Å². The van der Waals surface area contributed by atoms with Gasteiger partial charge in [0.25, 0.3) is 0 Å². The highest BCUT2D eigenvalue weighted by Gasteiger charge is 2.48. The molecule has 0 radical (unpaired) electrons. The maximum Gasteiger partial charge on any atom is 0.429 e. The van der Waals surface area contributed by atoms with E-state index in [0.717, 1.165) is 16.1 Å². The third kappa shape index (κ3) is 10.7. The number of nitrogens with zero attached hydrogens (tertiary/aromatic N) is 1. The van der Waals surface area contributed by atoms with E-state index in [9.17, 15) is 14.7 Å². The molecular formula is C35H58N2O7Si2. The average molecular weight is 675 g/mol. The monoisotopic (exact) mass is 674 g/mol. The zero-order valence-corrected chi connectivity index (χ0v) is 31.8. The Morgan fingerprint density at radius 1 is 0.804 bits per heavy atom. The van der Waals surface area contributed by atoms with Gasteiger partial charge >= 0.3 is 12.2 Å². The van der Waals surface area contributed by atoms with Gasteiger partial charge in [0.15, 0.2) is 16.6 Å². The molecule has 258 valence electrons. The molecule has 2 amide bonds. The van der Waals surface area contributed by atoms with Crippen molar-refractivity contribution in [2.24, 2.45) is 0 Å². The third-order valence-corrected chi connectivity index (χ3v) is 19.8. The van der Waals surface area contributed by atoms with Crippen molar-refractivity contribution in [1.82, 2.24) is 10.4 Å². The van der Waals surface area contributed by atoms with E-state index >= 15 is 0 Å². The Kier molecular flexibility index (Phi) is 15.0. The Labute approximate surface area is 279 Å². The van der Waals surface area contributed by atoms with E-state index < -0.39 is 47.6 Å². The summed E-state index contributed by atoms with van der Waals surface area (Å²) in [4.78, 5) is 26.9. The van der Waals surface area contributed by atoms with E-state index in [-0.39, 0.29) is 24.9 Å². The van der Waals surface area contributed by atoms with Crippen molar-refractivity contribution in [3.05, 3.63) is 71.8 Å². The van der Waals surface area contributed by atoms with Crippen LogP contribution in [0.3, 0.4) is 0 Å². The summed E-state index contributed by atoms with van der Waals surface area (Å²) in [5, 5.41) is 11.8. The summed E-state index contributed by atoms with van der Waals surface area (Å²) in [5.41, 5.74) is 5.08. The molecule has 2 atom stereocenters. The maximum atomic E-state index is 13.8. The van der Waals surface area contributed by atoms with Gasteiger partial charge in [-0.25, -0.2) is 20.0 Å². The van der Waals surface area contributed by atoms with Gasteiger partial charge in [-0.15, -0.1) is 0 Å². The SMILES string of the molecule is CC(C)[Si](OC[C@H](O[Si](C)(C)C(C)(C)C)[C@@H](CO)N(NC(=O)OCc1ccccc1)C(=O)OCc1ccccc1)(C(C)C)C(C)C. The number of nitrogens with one attached hydrogen (secondary N) is 1. The van der Waals surface area contributed by atoms with E-state index in [1.54, 1.807) is 0 Å². The fourth-order valence-electron chi connectivity index (χ4n) is 5.78. The van der Waals surface area contributed by atoms with Crippen LogP contribution in [0.1, 0.15) is 73.4 Å². The van der Waals surface area contributed by atoms with Gasteiger partial charge in [0.05, 0.1) is 19.3 Å². The Morgan fingerprint density at radius 3 is 1.67 bits per heavy atom. The van der Waals surface area contributed by atoms with E-state index in [2.05, 4.69) is 80.8 Å². The lowest BCUT2D eigenvalue weighted by Crippen LogP contribution is -2.62. The summed E-state index contributed by atoms with van der Waals surface area (Å²) in [6, 6.07) is 17.5. The van der Waals surface area contributed by atoms with E-state index in [1.165, 1.54) is 0 Å². The molecule has 2 aromatic carbocycles. The lowest BCUT2D eigenvalue weighted by atomic mass is 10.2. The molecule has 9 nitrogen and oxygen atoms in total. The van der Waals surface area contributed by atoms with Crippen molar-refractivity contribution in [2.75, 3.05) is 13.2 Å². The predicted octanol–water partition coefficient (Wildman–Crippen LogP) is 8.41. The summed E-state index contributed by atoms with van der Waals surface area (Å²) >= 11 is 0. The fraction of sp³-hybridized carbons (Fsp3) is 0.600. The van der Waals surface area contributed by atoms with Crippen LogP contribution in [0.2, 0.25) is 34.8 Å². The van der Waals surface area contributed by atoms with E-state index in [1.807, 2.05) is 60.7 Å². The van der Waals surface area contributed by atoms with Gasteiger partial charge in [-0.3, -0.25) is 0 Å². The summed E-state index contributed by atoms with van der Waals surface area (Å²) in [5.74, 6) is 0. The number of benzene rings is 2. The molecule has 0 heterocycles. The largest absolute Gasteiger partial charge is 0.443 e. The number of ether oxygens (including phenoxy) is 2. The minimum atomic E-state index is -2.47. The summed E-state index contributed by atoms with van der Waals surface area (Å²) in [6.07, 6.45) is -2.47. The zero-order chi connectivity index (χ0) is 34.7. The Balaban J connectivity index is 2.50. The van der Waals surface area contributed by atoms with Crippen LogP contribution in [0.4, 0.5) is 9.59 Å². The molecule has 0 aliphatic carbocycles. The van der Waals surface area contributed by atoms with E-state index in [0.29, 0.717) is 16.6 Å². The molecule has 11 heteroatoms. The van der Waals surface area contributed by atoms with Gasteiger partial charge in [-0.2, -0.15) is 0 Å². The molecule has 0 aliphatic heterocycles. The predicted molar refractivity (Wildman–Crippen MR) is 188 cm³/mol. The number of hydrogen-bond acceptors (Lipinski definition) is 7. The first kappa shape index (κ1) is 39.5. The van der Waals surface area contributed by atoms with Crippen molar-refractivity contribution in [2.45, 2.75) is 122 Å².